The lowest BCUT2D eigenvalue weighted by Crippen LogP contribution is -1.99. The highest BCUT2D eigenvalue weighted by Crippen LogP contribution is 2.22. The standard InChI is InChI=1S/C14H12N2OS/c1-2-9-8-18-14(16-9)13(17)11-7-15-12-6-4-3-5-10(11)12/h3-8,15H,2H2,1H3. The molecule has 0 amide bonds. The molecule has 0 aliphatic heterocycles. The van der Waals surface area contributed by atoms with E-state index in [4.69, 9.17) is 0 Å². The van der Waals surface area contributed by atoms with Gasteiger partial charge in [0, 0.05) is 22.5 Å². The minimum Gasteiger partial charge on any atom is -0.360 e. The normalized spacial score (nSPS) is 10.9. The third-order valence-electron chi connectivity index (χ3n) is 2.94. The maximum absolute atomic E-state index is 12.4. The van der Waals surface area contributed by atoms with Gasteiger partial charge in [-0.15, -0.1) is 11.3 Å². The van der Waals surface area contributed by atoms with Crippen LogP contribution >= 0.6 is 11.3 Å². The second-order valence-electron chi connectivity index (χ2n) is 4.07. The smallest absolute Gasteiger partial charge is 0.223 e. The van der Waals surface area contributed by atoms with Crippen LogP contribution in [0.15, 0.2) is 35.8 Å². The Morgan fingerprint density at radius 3 is 3.00 bits per heavy atom. The van der Waals surface area contributed by atoms with E-state index in [0.717, 1.165) is 23.0 Å². The Kier molecular flexibility index (Phi) is 2.72. The summed E-state index contributed by atoms with van der Waals surface area (Å²) in [5.74, 6) is -0.00264. The van der Waals surface area contributed by atoms with Crippen LogP contribution < -0.4 is 0 Å². The van der Waals surface area contributed by atoms with Gasteiger partial charge in [-0.05, 0) is 12.5 Å². The number of fused-ring (bicyclic) bond motifs is 1. The predicted molar refractivity (Wildman–Crippen MR) is 73.2 cm³/mol. The van der Waals surface area contributed by atoms with Crippen LogP contribution in [0, 0.1) is 0 Å². The Bertz CT molecular complexity index is 711. The first-order valence-corrected chi connectivity index (χ1v) is 6.72. The zero-order valence-electron chi connectivity index (χ0n) is 9.93. The molecule has 0 bridgehead atoms. The van der Waals surface area contributed by atoms with Crippen LogP contribution in [0.25, 0.3) is 10.9 Å². The van der Waals surface area contributed by atoms with Crippen LogP contribution in [0.1, 0.15) is 28.0 Å². The molecular formula is C14H12N2OS. The van der Waals surface area contributed by atoms with Crippen LogP contribution in [0.5, 0.6) is 0 Å². The number of ketones is 1. The first kappa shape index (κ1) is 11.2. The fourth-order valence-electron chi connectivity index (χ4n) is 1.95. The Hall–Kier alpha value is -1.94. The van der Waals surface area contributed by atoms with Gasteiger partial charge in [-0.2, -0.15) is 0 Å². The number of benzene rings is 1. The molecule has 0 spiro atoms. The lowest BCUT2D eigenvalue weighted by Gasteiger charge is -1.94. The third kappa shape index (κ3) is 1.75. The number of carbonyl (C=O) groups excluding carboxylic acids is 1. The quantitative estimate of drug-likeness (QED) is 0.730. The van der Waals surface area contributed by atoms with Gasteiger partial charge in [0.1, 0.15) is 0 Å². The van der Waals surface area contributed by atoms with Crippen LogP contribution in [-0.4, -0.2) is 15.8 Å². The SMILES string of the molecule is CCc1csc(C(=O)c2c[nH]c3ccccc23)n1. The molecule has 0 saturated carbocycles. The summed E-state index contributed by atoms with van der Waals surface area (Å²) in [6, 6.07) is 7.80. The van der Waals surface area contributed by atoms with E-state index in [0.29, 0.717) is 10.6 Å². The van der Waals surface area contributed by atoms with Crippen molar-refractivity contribution in [3.63, 3.8) is 0 Å². The zero-order valence-corrected chi connectivity index (χ0v) is 10.8. The molecule has 2 aromatic heterocycles. The average Bonchev–Trinajstić information content (AvgIpc) is 3.04. The molecular weight excluding hydrogens is 244 g/mol. The topological polar surface area (TPSA) is 45.8 Å². The van der Waals surface area contributed by atoms with Crippen molar-refractivity contribution in [1.29, 1.82) is 0 Å². The zero-order chi connectivity index (χ0) is 12.5. The van der Waals surface area contributed by atoms with Crippen molar-refractivity contribution < 1.29 is 4.79 Å². The van der Waals surface area contributed by atoms with Crippen LogP contribution in [0.2, 0.25) is 0 Å². The Morgan fingerprint density at radius 2 is 2.22 bits per heavy atom. The van der Waals surface area contributed by atoms with Crippen LogP contribution in [0.3, 0.4) is 0 Å². The minimum absolute atomic E-state index is 0.00264. The molecule has 3 rings (SSSR count). The van der Waals surface area contributed by atoms with E-state index in [2.05, 4.69) is 9.97 Å². The molecule has 3 nitrogen and oxygen atoms in total. The van der Waals surface area contributed by atoms with E-state index < -0.39 is 0 Å². The summed E-state index contributed by atoms with van der Waals surface area (Å²) in [5.41, 5.74) is 2.65. The van der Waals surface area contributed by atoms with Gasteiger partial charge in [-0.3, -0.25) is 4.79 Å². The number of H-pyrrole nitrogens is 1. The maximum Gasteiger partial charge on any atom is 0.223 e. The highest BCUT2D eigenvalue weighted by molar-refractivity contribution is 7.12. The fraction of sp³-hybridized carbons (Fsp3) is 0.143. The van der Waals surface area contributed by atoms with Gasteiger partial charge in [0.25, 0.3) is 0 Å². The number of para-hydroxylation sites is 1. The van der Waals surface area contributed by atoms with Crippen molar-refractivity contribution in [1.82, 2.24) is 9.97 Å². The van der Waals surface area contributed by atoms with Gasteiger partial charge in [0.05, 0.1) is 11.3 Å². The van der Waals surface area contributed by atoms with E-state index in [-0.39, 0.29) is 5.78 Å². The van der Waals surface area contributed by atoms with E-state index in [1.165, 1.54) is 11.3 Å². The Balaban J connectivity index is 2.06. The van der Waals surface area contributed by atoms with E-state index in [9.17, 15) is 4.79 Å². The van der Waals surface area contributed by atoms with Crippen molar-refractivity contribution in [2.45, 2.75) is 13.3 Å². The minimum atomic E-state index is -0.00264. The molecule has 18 heavy (non-hydrogen) atoms. The highest BCUT2D eigenvalue weighted by Gasteiger charge is 2.16. The van der Waals surface area contributed by atoms with E-state index in [1.807, 2.05) is 36.6 Å². The summed E-state index contributed by atoms with van der Waals surface area (Å²) in [5, 5.41) is 3.47. The fourth-order valence-corrected chi connectivity index (χ4v) is 2.80. The molecule has 0 fully saturated rings. The Labute approximate surface area is 108 Å². The van der Waals surface area contributed by atoms with Gasteiger partial charge in [-0.25, -0.2) is 4.98 Å². The molecule has 1 aromatic carbocycles. The molecule has 1 N–H and O–H groups in total. The van der Waals surface area contributed by atoms with Crippen LogP contribution in [0.4, 0.5) is 0 Å². The van der Waals surface area contributed by atoms with Gasteiger partial charge in [0.15, 0.2) is 5.01 Å². The summed E-state index contributed by atoms with van der Waals surface area (Å²) in [4.78, 5) is 19.8. The number of aryl methyl sites for hydroxylation is 1. The van der Waals surface area contributed by atoms with Crippen molar-refractivity contribution in [2.24, 2.45) is 0 Å². The van der Waals surface area contributed by atoms with Gasteiger partial charge in [-0.1, -0.05) is 25.1 Å². The van der Waals surface area contributed by atoms with Gasteiger partial charge < -0.3 is 4.98 Å². The number of nitrogens with one attached hydrogen (secondary N) is 1. The van der Waals surface area contributed by atoms with Crippen molar-refractivity contribution in [3.05, 3.63) is 52.1 Å². The summed E-state index contributed by atoms with van der Waals surface area (Å²) in [7, 11) is 0. The van der Waals surface area contributed by atoms with Crippen molar-refractivity contribution in [3.8, 4) is 0 Å². The number of thiazole rings is 1. The molecule has 3 aromatic rings. The number of hydrogen-bond acceptors (Lipinski definition) is 3. The second kappa shape index (κ2) is 4.38. The van der Waals surface area contributed by atoms with Crippen molar-refractivity contribution >= 4 is 28.0 Å². The molecule has 0 aliphatic carbocycles. The molecule has 0 radical (unpaired) electrons. The van der Waals surface area contributed by atoms with Crippen LogP contribution in [-0.2, 0) is 6.42 Å². The highest BCUT2D eigenvalue weighted by atomic mass is 32.1. The lowest BCUT2D eigenvalue weighted by atomic mass is 10.1. The molecule has 0 atom stereocenters. The monoisotopic (exact) mass is 256 g/mol. The van der Waals surface area contributed by atoms with E-state index >= 15 is 0 Å². The van der Waals surface area contributed by atoms with Gasteiger partial charge in [0.2, 0.25) is 5.78 Å². The summed E-state index contributed by atoms with van der Waals surface area (Å²) < 4.78 is 0. The summed E-state index contributed by atoms with van der Waals surface area (Å²) in [6.45, 7) is 2.04. The van der Waals surface area contributed by atoms with Gasteiger partial charge >= 0.3 is 0 Å². The predicted octanol–water partition coefficient (Wildman–Crippen LogP) is 3.42. The van der Waals surface area contributed by atoms with Crippen molar-refractivity contribution in [2.75, 3.05) is 0 Å². The molecule has 0 saturated heterocycles. The maximum atomic E-state index is 12.4. The number of aromatic nitrogens is 2. The van der Waals surface area contributed by atoms with E-state index in [1.54, 1.807) is 6.20 Å². The number of aromatic amines is 1. The molecule has 2 heterocycles. The number of hydrogen-bond donors (Lipinski definition) is 1. The number of carbonyl (C=O) groups is 1. The lowest BCUT2D eigenvalue weighted by molar-refractivity contribution is 0.104. The number of rotatable bonds is 3. The summed E-state index contributed by atoms with van der Waals surface area (Å²) in [6.07, 6.45) is 2.62. The molecule has 0 aliphatic rings. The largest absolute Gasteiger partial charge is 0.360 e. The Morgan fingerprint density at radius 1 is 1.39 bits per heavy atom. The first-order valence-electron chi connectivity index (χ1n) is 5.85. The first-order chi connectivity index (χ1) is 8.79. The third-order valence-corrected chi connectivity index (χ3v) is 3.83. The molecule has 90 valence electrons. The number of nitrogens with zero attached hydrogens (tertiary/aromatic N) is 1. The second-order valence-corrected chi connectivity index (χ2v) is 4.93. The molecule has 4 heteroatoms. The summed E-state index contributed by atoms with van der Waals surface area (Å²) >= 11 is 1.41. The average molecular weight is 256 g/mol. The molecule has 0 unspecified atom stereocenters.